The van der Waals surface area contributed by atoms with E-state index >= 15 is 0 Å². The van der Waals surface area contributed by atoms with Crippen LogP contribution in [0.4, 0.5) is 13.2 Å². The molecule has 0 amide bonds. The number of methoxy groups -OCH3 is 1. The van der Waals surface area contributed by atoms with E-state index in [1.54, 1.807) is 18.2 Å². The van der Waals surface area contributed by atoms with Gasteiger partial charge in [-0.05, 0) is 86.2 Å². The van der Waals surface area contributed by atoms with Crippen LogP contribution < -0.4 is 10.1 Å². The van der Waals surface area contributed by atoms with Crippen molar-refractivity contribution in [3.05, 3.63) is 71.2 Å². The zero-order valence-electron chi connectivity index (χ0n) is 18.4. The fourth-order valence-corrected chi connectivity index (χ4v) is 3.84. The Kier molecular flexibility index (Phi) is 8.65. The molecule has 0 aliphatic carbocycles. The SMILES string of the molecule is COc1ccc2ncc(F)c(CCCC(CNCCCc3cc(F)ccc3F)C(=O)O)c2c1. The maximum absolute atomic E-state index is 14.4. The minimum Gasteiger partial charge on any atom is -0.497 e. The zero-order valence-corrected chi connectivity index (χ0v) is 18.4. The summed E-state index contributed by atoms with van der Waals surface area (Å²) >= 11 is 0. The number of benzene rings is 2. The van der Waals surface area contributed by atoms with Crippen molar-refractivity contribution in [2.24, 2.45) is 5.92 Å². The van der Waals surface area contributed by atoms with E-state index in [-0.39, 0.29) is 6.54 Å². The van der Waals surface area contributed by atoms with Crippen molar-refractivity contribution in [3.63, 3.8) is 0 Å². The smallest absolute Gasteiger partial charge is 0.307 e. The number of hydrogen-bond acceptors (Lipinski definition) is 4. The monoisotopic (exact) mass is 460 g/mol. The molecule has 3 rings (SSSR count). The molecule has 0 aliphatic heterocycles. The highest BCUT2D eigenvalue weighted by Crippen LogP contribution is 2.26. The second kappa shape index (κ2) is 11.7. The van der Waals surface area contributed by atoms with E-state index in [2.05, 4.69) is 10.3 Å². The summed E-state index contributed by atoms with van der Waals surface area (Å²) in [6.45, 7) is 0.720. The van der Waals surface area contributed by atoms with Crippen LogP contribution in [0.2, 0.25) is 0 Å². The summed E-state index contributed by atoms with van der Waals surface area (Å²) in [5, 5.41) is 13.3. The molecular formula is C25H27F3N2O3. The van der Waals surface area contributed by atoms with Crippen LogP contribution in [-0.4, -0.2) is 36.3 Å². The Labute approximate surface area is 190 Å². The highest BCUT2D eigenvalue weighted by molar-refractivity contribution is 5.83. The fraction of sp³-hybridized carbons (Fsp3) is 0.360. The average molecular weight is 460 g/mol. The Bertz CT molecular complexity index is 1110. The minimum absolute atomic E-state index is 0.244. The summed E-state index contributed by atoms with van der Waals surface area (Å²) < 4.78 is 46.5. The maximum Gasteiger partial charge on any atom is 0.307 e. The van der Waals surface area contributed by atoms with E-state index in [1.807, 2.05) is 0 Å². The molecule has 33 heavy (non-hydrogen) atoms. The molecule has 0 aliphatic rings. The van der Waals surface area contributed by atoms with Crippen LogP contribution in [0.1, 0.15) is 30.4 Å². The molecule has 0 bridgehead atoms. The molecule has 1 unspecified atom stereocenters. The third-order valence-electron chi connectivity index (χ3n) is 5.66. The van der Waals surface area contributed by atoms with Gasteiger partial charge in [-0.1, -0.05) is 0 Å². The van der Waals surface area contributed by atoms with E-state index in [1.165, 1.54) is 19.4 Å². The number of carbonyl (C=O) groups is 1. The van der Waals surface area contributed by atoms with E-state index < -0.39 is 29.3 Å². The third kappa shape index (κ3) is 6.68. The molecule has 2 N–H and O–H groups in total. The van der Waals surface area contributed by atoms with Gasteiger partial charge in [0.15, 0.2) is 0 Å². The van der Waals surface area contributed by atoms with Gasteiger partial charge < -0.3 is 15.2 Å². The number of halogens is 3. The van der Waals surface area contributed by atoms with Crippen molar-refractivity contribution in [3.8, 4) is 5.75 Å². The van der Waals surface area contributed by atoms with Crippen molar-refractivity contribution >= 4 is 16.9 Å². The van der Waals surface area contributed by atoms with Gasteiger partial charge in [0.1, 0.15) is 23.2 Å². The molecule has 1 aromatic heterocycles. The van der Waals surface area contributed by atoms with Gasteiger partial charge in [-0.3, -0.25) is 9.78 Å². The van der Waals surface area contributed by atoms with Crippen LogP contribution >= 0.6 is 0 Å². The summed E-state index contributed by atoms with van der Waals surface area (Å²) in [4.78, 5) is 15.7. The van der Waals surface area contributed by atoms with Gasteiger partial charge >= 0.3 is 5.97 Å². The summed E-state index contributed by atoms with van der Waals surface area (Å²) in [7, 11) is 1.53. The molecule has 8 heteroatoms. The largest absolute Gasteiger partial charge is 0.497 e. The van der Waals surface area contributed by atoms with Crippen molar-refractivity contribution in [1.29, 1.82) is 0 Å². The number of aromatic nitrogens is 1. The number of nitrogens with zero attached hydrogens (tertiary/aromatic N) is 1. The minimum atomic E-state index is -0.930. The van der Waals surface area contributed by atoms with Gasteiger partial charge in [-0.15, -0.1) is 0 Å². The van der Waals surface area contributed by atoms with E-state index in [9.17, 15) is 23.1 Å². The summed E-state index contributed by atoms with van der Waals surface area (Å²) in [6, 6.07) is 8.60. The molecule has 0 saturated carbocycles. The van der Waals surface area contributed by atoms with Gasteiger partial charge in [0.2, 0.25) is 0 Å². The van der Waals surface area contributed by atoms with Crippen LogP contribution in [0.15, 0.2) is 42.6 Å². The predicted molar refractivity (Wildman–Crippen MR) is 120 cm³/mol. The summed E-state index contributed by atoms with van der Waals surface area (Å²) in [5.41, 5.74) is 1.45. The Morgan fingerprint density at radius 1 is 1.09 bits per heavy atom. The molecule has 1 atom stereocenters. The highest BCUT2D eigenvalue weighted by atomic mass is 19.1. The van der Waals surface area contributed by atoms with Crippen LogP contribution in [0.5, 0.6) is 5.75 Å². The number of pyridine rings is 1. The predicted octanol–water partition coefficient (Wildman–Crippen LogP) is 4.91. The lowest BCUT2D eigenvalue weighted by Crippen LogP contribution is -2.29. The Morgan fingerprint density at radius 3 is 2.67 bits per heavy atom. The second-order valence-electron chi connectivity index (χ2n) is 7.94. The van der Waals surface area contributed by atoms with Crippen LogP contribution in [0.25, 0.3) is 10.9 Å². The molecule has 5 nitrogen and oxygen atoms in total. The van der Waals surface area contributed by atoms with Gasteiger partial charge in [-0.2, -0.15) is 0 Å². The van der Waals surface area contributed by atoms with E-state index in [0.29, 0.717) is 66.4 Å². The number of ether oxygens (including phenoxy) is 1. The molecule has 1 heterocycles. The van der Waals surface area contributed by atoms with Crippen LogP contribution in [0, 0.1) is 23.4 Å². The number of aliphatic carboxylic acids is 1. The first-order valence-corrected chi connectivity index (χ1v) is 10.9. The number of nitrogens with one attached hydrogen (secondary N) is 1. The highest BCUT2D eigenvalue weighted by Gasteiger charge is 2.18. The standard InChI is InChI=1S/C25H27F3N2O3/c1-33-19-8-10-24-21(13-19)20(23(28)15-30-24)6-2-4-17(25(31)32)14-29-11-3-5-16-12-18(26)7-9-22(16)27/h7-10,12-13,15,17,29H,2-6,11,14H2,1H3,(H,31,32). The number of fused-ring (bicyclic) bond motifs is 1. The Hall–Kier alpha value is -3.13. The first-order valence-electron chi connectivity index (χ1n) is 10.9. The number of carboxylic acids is 1. The summed E-state index contributed by atoms with van der Waals surface area (Å²) in [6.07, 6.45) is 3.31. The first kappa shape index (κ1) is 24.5. The maximum atomic E-state index is 14.4. The molecule has 0 fully saturated rings. The molecule has 0 spiro atoms. The normalized spacial score (nSPS) is 12.1. The van der Waals surface area contributed by atoms with Crippen molar-refractivity contribution in [1.82, 2.24) is 10.3 Å². The van der Waals surface area contributed by atoms with E-state index in [0.717, 1.165) is 12.1 Å². The Morgan fingerprint density at radius 2 is 1.91 bits per heavy atom. The molecule has 2 aromatic carbocycles. The molecular weight excluding hydrogens is 433 g/mol. The zero-order chi connectivity index (χ0) is 23.8. The van der Waals surface area contributed by atoms with Gasteiger partial charge in [0.05, 0.1) is 24.7 Å². The van der Waals surface area contributed by atoms with Crippen molar-refractivity contribution in [2.45, 2.75) is 32.1 Å². The quantitative estimate of drug-likeness (QED) is 0.376. The van der Waals surface area contributed by atoms with Crippen LogP contribution in [0.3, 0.4) is 0 Å². The van der Waals surface area contributed by atoms with Gasteiger partial charge in [-0.25, -0.2) is 13.2 Å². The first-order chi connectivity index (χ1) is 15.9. The lowest BCUT2D eigenvalue weighted by atomic mass is 9.97. The number of carboxylic acid groups (broad SMARTS) is 1. The van der Waals surface area contributed by atoms with Crippen molar-refractivity contribution < 1.29 is 27.8 Å². The lowest BCUT2D eigenvalue weighted by molar-refractivity contribution is -0.141. The number of aryl methyl sites for hydroxylation is 2. The fourth-order valence-electron chi connectivity index (χ4n) is 3.84. The number of hydrogen-bond donors (Lipinski definition) is 2. The second-order valence-corrected chi connectivity index (χ2v) is 7.94. The third-order valence-corrected chi connectivity index (χ3v) is 5.66. The van der Waals surface area contributed by atoms with Gasteiger partial charge in [0.25, 0.3) is 0 Å². The Balaban J connectivity index is 1.50. The summed E-state index contributed by atoms with van der Waals surface area (Å²) in [5.74, 6) is -2.33. The topological polar surface area (TPSA) is 71.5 Å². The van der Waals surface area contributed by atoms with Crippen molar-refractivity contribution in [2.75, 3.05) is 20.2 Å². The van der Waals surface area contributed by atoms with E-state index in [4.69, 9.17) is 4.74 Å². The molecule has 176 valence electrons. The number of rotatable bonds is 12. The lowest BCUT2D eigenvalue weighted by Gasteiger charge is -2.14. The molecule has 0 radical (unpaired) electrons. The average Bonchev–Trinajstić information content (AvgIpc) is 2.80. The molecule has 3 aromatic rings. The van der Waals surface area contributed by atoms with Crippen LogP contribution in [-0.2, 0) is 17.6 Å². The van der Waals surface area contributed by atoms with Gasteiger partial charge in [0, 0.05) is 11.9 Å². The molecule has 0 saturated heterocycles.